The number of benzene rings is 2. The number of aromatic nitrogens is 1. The maximum Gasteiger partial charge on any atom is 0.0537 e. The van der Waals surface area contributed by atoms with Crippen molar-refractivity contribution in [2.24, 2.45) is 0 Å². The monoisotopic (exact) mass is 221 g/mol. The summed E-state index contributed by atoms with van der Waals surface area (Å²) in [4.78, 5) is 0. The van der Waals surface area contributed by atoms with E-state index in [1.54, 1.807) is 0 Å². The minimum atomic E-state index is 1.27. The van der Waals surface area contributed by atoms with Gasteiger partial charge in [0.15, 0.2) is 0 Å². The van der Waals surface area contributed by atoms with Crippen LogP contribution in [0.2, 0.25) is 0 Å². The van der Waals surface area contributed by atoms with Gasteiger partial charge in [-0.15, -0.1) is 0 Å². The van der Waals surface area contributed by atoms with E-state index >= 15 is 0 Å². The Labute approximate surface area is 101 Å². The average Bonchev–Trinajstić information content (AvgIpc) is 2.72. The summed E-state index contributed by atoms with van der Waals surface area (Å²) in [5, 5.41) is 2.65. The van der Waals surface area contributed by atoms with Gasteiger partial charge in [0, 0.05) is 16.5 Å². The van der Waals surface area contributed by atoms with E-state index in [4.69, 9.17) is 0 Å². The van der Waals surface area contributed by atoms with Crippen molar-refractivity contribution in [1.82, 2.24) is 4.57 Å². The van der Waals surface area contributed by atoms with Crippen molar-refractivity contribution in [1.29, 1.82) is 0 Å². The van der Waals surface area contributed by atoms with Gasteiger partial charge in [-0.2, -0.15) is 0 Å². The van der Waals surface area contributed by atoms with Crippen LogP contribution in [0.3, 0.4) is 0 Å². The highest BCUT2D eigenvalue weighted by atomic mass is 15.0. The van der Waals surface area contributed by atoms with Gasteiger partial charge >= 0.3 is 0 Å². The van der Waals surface area contributed by atoms with Gasteiger partial charge < -0.3 is 4.57 Å². The fraction of sp³-hybridized carbons (Fsp3) is 0.125. The van der Waals surface area contributed by atoms with Crippen LogP contribution in [0, 0.1) is 0 Å². The zero-order valence-corrected chi connectivity index (χ0v) is 10.1. The summed E-state index contributed by atoms with van der Waals surface area (Å²) >= 11 is 0. The Hall–Kier alpha value is -2.02. The number of rotatable bonds is 1. The number of allylic oxidation sites excluding steroid dienone is 2. The van der Waals surface area contributed by atoms with E-state index in [9.17, 15) is 0 Å². The minimum Gasteiger partial charge on any atom is -0.314 e. The van der Waals surface area contributed by atoms with Gasteiger partial charge in [0.2, 0.25) is 0 Å². The number of hydrogen-bond donors (Lipinski definition) is 0. The summed E-state index contributed by atoms with van der Waals surface area (Å²) in [6, 6.07) is 17.1. The lowest BCUT2D eigenvalue weighted by Crippen LogP contribution is -1.91. The molecule has 0 fully saturated rings. The molecule has 0 aliphatic heterocycles. The molecule has 0 saturated heterocycles. The summed E-state index contributed by atoms with van der Waals surface area (Å²) in [5.41, 5.74) is 3.83. The van der Waals surface area contributed by atoms with Crippen LogP contribution in [0.4, 0.5) is 0 Å². The lowest BCUT2D eigenvalue weighted by Gasteiger charge is -2.06. The van der Waals surface area contributed by atoms with Crippen LogP contribution in [-0.4, -0.2) is 4.57 Å². The molecule has 17 heavy (non-hydrogen) atoms. The van der Waals surface area contributed by atoms with Gasteiger partial charge in [0.1, 0.15) is 0 Å². The first-order valence-corrected chi connectivity index (χ1v) is 5.94. The van der Waals surface area contributed by atoms with E-state index in [-0.39, 0.29) is 0 Å². The molecule has 0 bridgehead atoms. The lowest BCUT2D eigenvalue weighted by atomic mass is 10.2. The highest BCUT2D eigenvalue weighted by molar-refractivity contribution is 6.09. The van der Waals surface area contributed by atoms with Crippen LogP contribution in [0.25, 0.3) is 27.5 Å². The topological polar surface area (TPSA) is 4.93 Å². The number of para-hydroxylation sites is 2. The second kappa shape index (κ2) is 3.77. The smallest absolute Gasteiger partial charge is 0.0537 e. The van der Waals surface area contributed by atoms with Crippen LogP contribution >= 0.6 is 0 Å². The maximum absolute atomic E-state index is 2.32. The number of fused-ring (bicyclic) bond motifs is 3. The maximum atomic E-state index is 2.32. The van der Waals surface area contributed by atoms with Crippen LogP contribution in [-0.2, 0) is 0 Å². The molecule has 1 nitrogen and oxygen atoms in total. The van der Waals surface area contributed by atoms with Crippen molar-refractivity contribution in [3.05, 3.63) is 54.6 Å². The van der Waals surface area contributed by atoms with Crippen molar-refractivity contribution in [2.75, 3.05) is 0 Å². The highest BCUT2D eigenvalue weighted by Gasteiger charge is 2.09. The normalized spacial score (nSPS) is 12.5. The standard InChI is InChI=1S/C16H15N/c1-3-12(2)17-15-10-6-4-8-13(15)14-9-5-7-11-16(14)17/h3-11H,1-2H3/b12-3+. The number of hydrogen-bond acceptors (Lipinski definition) is 0. The Kier molecular flexibility index (Phi) is 2.25. The minimum absolute atomic E-state index is 1.27. The van der Waals surface area contributed by atoms with Crippen molar-refractivity contribution in [2.45, 2.75) is 13.8 Å². The van der Waals surface area contributed by atoms with Gasteiger partial charge in [-0.1, -0.05) is 42.5 Å². The Bertz CT molecular complexity index is 663. The molecule has 3 rings (SSSR count). The fourth-order valence-corrected chi connectivity index (χ4v) is 2.43. The quantitative estimate of drug-likeness (QED) is 0.562. The van der Waals surface area contributed by atoms with E-state index < -0.39 is 0 Å². The second-order valence-corrected chi connectivity index (χ2v) is 4.30. The largest absolute Gasteiger partial charge is 0.314 e. The predicted octanol–water partition coefficient (Wildman–Crippen LogP) is 4.68. The summed E-state index contributed by atoms with van der Waals surface area (Å²) in [6.07, 6.45) is 2.15. The molecule has 0 spiro atoms. The van der Waals surface area contributed by atoms with Crippen molar-refractivity contribution < 1.29 is 0 Å². The predicted molar refractivity (Wildman–Crippen MR) is 75.1 cm³/mol. The molecular formula is C16H15N. The SMILES string of the molecule is C/C=C(\C)n1c2ccccc2c2ccccc21. The molecule has 1 aromatic heterocycles. The van der Waals surface area contributed by atoms with E-state index in [1.807, 2.05) is 0 Å². The third kappa shape index (κ3) is 1.39. The van der Waals surface area contributed by atoms with Crippen LogP contribution in [0.15, 0.2) is 54.6 Å². The Morgan fingerprint density at radius 1 is 0.882 bits per heavy atom. The van der Waals surface area contributed by atoms with Crippen LogP contribution < -0.4 is 0 Å². The van der Waals surface area contributed by atoms with Gasteiger partial charge in [-0.25, -0.2) is 0 Å². The summed E-state index contributed by atoms with van der Waals surface area (Å²) < 4.78 is 2.32. The van der Waals surface area contributed by atoms with E-state index in [0.717, 1.165) is 0 Å². The first-order valence-electron chi connectivity index (χ1n) is 5.94. The van der Waals surface area contributed by atoms with Gasteiger partial charge in [-0.05, 0) is 26.0 Å². The molecule has 1 heterocycles. The zero-order valence-electron chi connectivity index (χ0n) is 10.1. The third-order valence-electron chi connectivity index (χ3n) is 3.35. The molecule has 0 amide bonds. The Balaban J connectivity index is 2.59. The van der Waals surface area contributed by atoms with Crippen LogP contribution in [0.1, 0.15) is 13.8 Å². The van der Waals surface area contributed by atoms with E-state index in [2.05, 4.69) is 73.0 Å². The Morgan fingerprint density at radius 2 is 1.35 bits per heavy atom. The molecule has 0 unspecified atom stereocenters. The second-order valence-electron chi connectivity index (χ2n) is 4.30. The molecule has 0 radical (unpaired) electrons. The number of nitrogens with zero attached hydrogens (tertiary/aromatic N) is 1. The summed E-state index contributed by atoms with van der Waals surface area (Å²) in [5.74, 6) is 0. The first-order chi connectivity index (χ1) is 8.33. The Morgan fingerprint density at radius 3 is 1.82 bits per heavy atom. The summed E-state index contributed by atoms with van der Waals surface area (Å²) in [7, 11) is 0. The zero-order chi connectivity index (χ0) is 11.8. The molecule has 0 aliphatic rings. The van der Waals surface area contributed by atoms with Crippen LogP contribution in [0.5, 0.6) is 0 Å². The van der Waals surface area contributed by atoms with E-state index in [1.165, 1.54) is 27.5 Å². The molecule has 3 aromatic rings. The molecule has 0 aliphatic carbocycles. The van der Waals surface area contributed by atoms with Crippen molar-refractivity contribution in [3.8, 4) is 0 Å². The average molecular weight is 221 g/mol. The lowest BCUT2D eigenvalue weighted by molar-refractivity contribution is 1.19. The molecule has 0 N–H and O–H groups in total. The van der Waals surface area contributed by atoms with Gasteiger partial charge in [-0.3, -0.25) is 0 Å². The molecule has 84 valence electrons. The van der Waals surface area contributed by atoms with Crippen molar-refractivity contribution >= 4 is 27.5 Å². The van der Waals surface area contributed by atoms with Gasteiger partial charge in [0.25, 0.3) is 0 Å². The molecule has 2 aromatic carbocycles. The molecule has 0 atom stereocenters. The molecular weight excluding hydrogens is 206 g/mol. The van der Waals surface area contributed by atoms with Crippen molar-refractivity contribution in [3.63, 3.8) is 0 Å². The summed E-state index contributed by atoms with van der Waals surface area (Å²) in [6.45, 7) is 4.23. The molecule has 0 saturated carbocycles. The fourth-order valence-electron chi connectivity index (χ4n) is 2.43. The molecule has 1 heteroatoms. The first kappa shape index (κ1) is 10.2. The third-order valence-corrected chi connectivity index (χ3v) is 3.35. The highest BCUT2D eigenvalue weighted by Crippen LogP contribution is 2.30. The van der Waals surface area contributed by atoms with Gasteiger partial charge in [0.05, 0.1) is 11.0 Å². The van der Waals surface area contributed by atoms with E-state index in [0.29, 0.717) is 0 Å².